The number of hydrogen-bond acceptors (Lipinski definition) is 4. The van der Waals surface area contributed by atoms with Gasteiger partial charge in [-0.15, -0.1) is 0 Å². The number of anilines is 1. The lowest BCUT2D eigenvalue weighted by Gasteiger charge is -2.06. The standard InChI is InChI=1S/C15H11FN4O/c16-12-4-3-10(5-11(12)7-17)13-6-14(19-8-18-13)20-15(21)9-1-2-9/h3-6,8-9H,1-2H2,(H,18,19,20,21). The van der Waals surface area contributed by atoms with Gasteiger partial charge in [0.05, 0.1) is 11.3 Å². The van der Waals surface area contributed by atoms with Crippen LogP contribution in [0.1, 0.15) is 18.4 Å². The van der Waals surface area contributed by atoms with Crippen molar-refractivity contribution in [3.05, 3.63) is 42.0 Å². The number of aromatic nitrogens is 2. The van der Waals surface area contributed by atoms with E-state index >= 15 is 0 Å². The minimum absolute atomic E-state index is 0.0449. The van der Waals surface area contributed by atoms with Gasteiger partial charge in [-0.3, -0.25) is 4.79 Å². The summed E-state index contributed by atoms with van der Waals surface area (Å²) in [6.45, 7) is 0. The summed E-state index contributed by atoms with van der Waals surface area (Å²) in [7, 11) is 0. The summed E-state index contributed by atoms with van der Waals surface area (Å²) in [5.74, 6) is -0.131. The van der Waals surface area contributed by atoms with Gasteiger partial charge in [-0.1, -0.05) is 0 Å². The second kappa shape index (κ2) is 5.29. The van der Waals surface area contributed by atoms with Gasteiger partial charge in [0, 0.05) is 17.5 Å². The van der Waals surface area contributed by atoms with E-state index in [1.807, 2.05) is 0 Å². The lowest BCUT2D eigenvalue weighted by atomic mass is 10.1. The Hall–Kier alpha value is -2.81. The molecule has 1 saturated carbocycles. The molecule has 0 radical (unpaired) electrons. The smallest absolute Gasteiger partial charge is 0.228 e. The molecule has 1 aliphatic rings. The Balaban J connectivity index is 1.88. The first kappa shape index (κ1) is 13.2. The average Bonchev–Trinajstić information content (AvgIpc) is 3.33. The third kappa shape index (κ3) is 2.87. The van der Waals surface area contributed by atoms with Crippen molar-refractivity contribution < 1.29 is 9.18 Å². The van der Waals surface area contributed by atoms with Crippen molar-refractivity contribution in [2.24, 2.45) is 5.92 Å². The van der Waals surface area contributed by atoms with Crippen LogP contribution in [0.25, 0.3) is 11.3 Å². The molecule has 5 nitrogen and oxygen atoms in total. The number of nitriles is 1. The Morgan fingerprint density at radius 2 is 2.14 bits per heavy atom. The molecule has 1 N–H and O–H groups in total. The van der Waals surface area contributed by atoms with Crippen LogP contribution >= 0.6 is 0 Å². The third-order valence-corrected chi connectivity index (χ3v) is 3.25. The molecule has 0 atom stereocenters. The largest absolute Gasteiger partial charge is 0.310 e. The molecule has 2 aromatic rings. The molecule has 0 aliphatic heterocycles. The summed E-state index contributed by atoms with van der Waals surface area (Å²) in [5, 5.41) is 11.6. The molecular weight excluding hydrogens is 271 g/mol. The summed E-state index contributed by atoms with van der Waals surface area (Å²) in [6, 6.07) is 7.57. The molecule has 6 heteroatoms. The maximum absolute atomic E-state index is 13.3. The SMILES string of the molecule is N#Cc1cc(-c2cc(NC(=O)C3CC3)ncn2)ccc1F. The fraction of sp³-hybridized carbons (Fsp3) is 0.200. The zero-order valence-corrected chi connectivity index (χ0v) is 11.0. The summed E-state index contributed by atoms with van der Waals surface area (Å²) < 4.78 is 13.3. The van der Waals surface area contributed by atoms with Crippen LogP contribution in [-0.4, -0.2) is 15.9 Å². The molecule has 0 bridgehead atoms. The lowest BCUT2D eigenvalue weighted by molar-refractivity contribution is -0.117. The van der Waals surface area contributed by atoms with Crippen LogP contribution in [0.2, 0.25) is 0 Å². The first-order chi connectivity index (χ1) is 10.2. The van der Waals surface area contributed by atoms with Crippen LogP contribution in [-0.2, 0) is 4.79 Å². The number of amides is 1. The molecule has 21 heavy (non-hydrogen) atoms. The van der Waals surface area contributed by atoms with E-state index in [2.05, 4.69) is 15.3 Å². The molecule has 104 valence electrons. The molecule has 3 rings (SSSR count). The third-order valence-electron chi connectivity index (χ3n) is 3.25. The van der Waals surface area contributed by atoms with E-state index < -0.39 is 5.82 Å². The monoisotopic (exact) mass is 282 g/mol. The van der Waals surface area contributed by atoms with Crippen LogP contribution in [0.15, 0.2) is 30.6 Å². The molecule has 1 aromatic heterocycles. The predicted octanol–water partition coefficient (Wildman–Crippen LogP) is 2.50. The van der Waals surface area contributed by atoms with Gasteiger partial charge in [-0.25, -0.2) is 14.4 Å². The molecule has 1 amide bonds. The Bertz CT molecular complexity index is 750. The van der Waals surface area contributed by atoms with Crippen LogP contribution in [0.4, 0.5) is 10.2 Å². The Kier molecular flexibility index (Phi) is 3.32. The number of carbonyl (C=O) groups is 1. The average molecular weight is 282 g/mol. The maximum atomic E-state index is 13.3. The number of carbonyl (C=O) groups excluding carboxylic acids is 1. The molecule has 0 saturated heterocycles. The number of nitrogens with zero attached hydrogens (tertiary/aromatic N) is 3. The fourth-order valence-electron chi connectivity index (χ4n) is 1.93. The highest BCUT2D eigenvalue weighted by Gasteiger charge is 2.29. The van der Waals surface area contributed by atoms with Crippen LogP contribution < -0.4 is 5.32 Å². The molecule has 1 aliphatic carbocycles. The van der Waals surface area contributed by atoms with E-state index in [0.29, 0.717) is 17.1 Å². The fourth-order valence-corrected chi connectivity index (χ4v) is 1.93. The highest BCUT2D eigenvalue weighted by molar-refractivity contribution is 5.93. The summed E-state index contributed by atoms with van der Waals surface area (Å²) in [5.41, 5.74) is 1.07. The summed E-state index contributed by atoms with van der Waals surface area (Å²) in [4.78, 5) is 19.8. The number of halogens is 1. The molecule has 0 spiro atoms. The number of nitrogens with one attached hydrogen (secondary N) is 1. The quantitative estimate of drug-likeness (QED) is 0.938. The lowest BCUT2D eigenvalue weighted by Crippen LogP contribution is -2.14. The van der Waals surface area contributed by atoms with Gasteiger partial charge in [-0.05, 0) is 31.0 Å². The van der Waals surface area contributed by atoms with Gasteiger partial charge >= 0.3 is 0 Å². The second-order valence-electron chi connectivity index (χ2n) is 4.86. The minimum Gasteiger partial charge on any atom is -0.310 e. The van der Waals surface area contributed by atoms with Crippen LogP contribution in [0.3, 0.4) is 0 Å². The molecule has 1 aromatic carbocycles. The van der Waals surface area contributed by atoms with E-state index in [0.717, 1.165) is 12.8 Å². The Labute approximate surface area is 120 Å². The zero-order chi connectivity index (χ0) is 14.8. The molecule has 1 heterocycles. The molecule has 0 unspecified atom stereocenters. The number of benzene rings is 1. The highest BCUT2D eigenvalue weighted by atomic mass is 19.1. The van der Waals surface area contributed by atoms with E-state index in [9.17, 15) is 9.18 Å². The summed E-state index contributed by atoms with van der Waals surface area (Å²) >= 11 is 0. The Morgan fingerprint density at radius 1 is 1.33 bits per heavy atom. The van der Waals surface area contributed by atoms with Gasteiger partial charge in [0.25, 0.3) is 0 Å². The Morgan fingerprint density at radius 3 is 2.86 bits per heavy atom. The normalized spacial score (nSPS) is 13.5. The van der Waals surface area contributed by atoms with E-state index in [1.54, 1.807) is 12.1 Å². The van der Waals surface area contributed by atoms with Gasteiger partial charge < -0.3 is 5.32 Å². The van der Waals surface area contributed by atoms with Crippen molar-refractivity contribution >= 4 is 11.7 Å². The van der Waals surface area contributed by atoms with E-state index in [4.69, 9.17) is 5.26 Å². The predicted molar refractivity (Wildman–Crippen MR) is 73.5 cm³/mol. The molecule has 1 fully saturated rings. The highest BCUT2D eigenvalue weighted by Crippen LogP contribution is 2.30. The number of rotatable bonds is 3. The van der Waals surface area contributed by atoms with Crippen LogP contribution in [0.5, 0.6) is 0 Å². The van der Waals surface area contributed by atoms with Crippen LogP contribution in [0, 0.1) is 23.1 Å². The van der Waals surface area contributed by atoms with Gasteiger partial charge in [0.15, 0.2) is 0 Å². The van der Waals surface area contributed by atoms with Crippen molar-refractivity contribution in [3.8, 4) is 17.3 Å². The zero-order valence-electron chi connectivity index (χ0n) is 11.0. The first-order valence-electron chi connectivity index (χ1n) is 6.50. The van der Waals surface area contributed by atoms with Gasteiger partial charge in [0.1, 0.15) is 24.0 Å². The van der Waals surface area contributed by atoms with Crippen molar-refractivity contribution in [1.82, 2.24) is 9.97 Å². The van der Waals surface area contributed by atoms with Crippen molar-refractivity contribution in [3.63, 3.8) is 0 Å². The first-order valence-corrected chi connectivity index (χ1v) is 6.50. The van der Waals surface area contributed by atoms with Crippen molar-refractivity contribution in [1.29, 1.82) is 5.26 Å². The van der Waals surface area contributed by atoms with E-state index in [-0.39, 0.29) is 17.4 Å². The van der Waals surface area contributed by atoms with Crippen molar-refractivity contribution in [2.75, 3.05) is 5.32 Å². The number of hydrogen-bond donors (Lipinski definition) is 1. The molecular formula is C15H11FN4O. The van der Waals surface area contributed by atoms with E-state index in [1.165, 1.54) is 24.5 Å². The van der Waals surface area contributed by atoms with Gasteiger partial charge in [0.2, 0.25) is 5.91 Å². The second-order valence-corrected chi connectivity index (χ2v) is 4.86. The maximum Gasteiger partial charge on any atom is 0.228 e. The summed E-state index contributed by atoms with van der Waals surface area (Å²) in [6.07, 6.45) is 3.15. The minimum atomic E-state index is -0.572. The van der Waals surface area contributed by atoms with Crippen molar-refractivity contribution in [2.45, 2.75) is 12.8 Å². The van der Waals surface area contributed by atoms with Gasteiger partial charge in [-0.2, -0.15) is 5.26 Å². The topological polar surface area (TPSA) is 78.7 Å².